The first-order valence-electron chi connectivity index (χ1n) is 6.78. The molecule has 0 bridgehead atoms. The number of nitrogens with one attached hydrogen (secondary N) is 1. The van der Waals surface area contributed by atoms with E-state index in [0.717, 1.165) is 31.5 Å². The Labute approximate surface area is 114 Å². The van der Waals surface area contributed by atoms with E-state index in [4.69, 9.17) is 11.6 Å². The normalized spacial score (nSPS) is 27.0. The van der Waals surface area contributed by atoms with E-state index < -0.39 is 0 Å². The Hall–Kier alpha value is -0.600. The van der Waals surface area contributed by atoms with Crippen molar-refractivity contribution in [2.75, 3.05) is 13.1 Å². The molecule has 3 heteroatoms. The Balaban J connectivity index is 2.30. The van der Waals surface area contributed by atoms with Crippen molar-refractivity contribution in [3.63, 3.8) is 0 Å². The fourth-order valence-corrected chi connectivity index (χ4v) is 3.50. The molecule has 1 fully saturated rings. The summed E-state index contributed by atoms with van der Waals surface area (Å²) in [6.07, 6.45) is 3.24. The third-order valence-electron chi connectivity index (χ3n) is 4.14. The Kier molecular flexibility index (Phi) is 4.29. The highest BCUT2D eigenvalue weighted by Gasteiger charge is 2.46. The number of rotatable bonds is 5. The topological polar surface area (TPSA) is 12.0 Å². The van der Waals surface area contributed by atoms with Crippen molar-refractivity contribution in [2.45, 2.75) is 38.5 Å². The molecule has 0 saturated heterocycles. The van der Waals surface area contributed by atoms with Crippen LogP contribution in [-0.2, 0) is 5.41 Å². The van der Waals surface area contributed by atoms with E-state index in [1.807, 2.05) is 0 Å². The maximum absolute atomic E-state index is 14.1. The van der Waals surface area contributed by atoms with Gasteiger partial charge in [-0.25, -0.2) is 4.39 Å². The van der Waals surface area contributed by atoms with Gasteiger partial charge in [-0.1, -0.05) is 37.9 Å². The van der Waals surface area contributed by atoms with Gasteiger partial charge in [0.1, 0.15) is 5.82 Å². The number of hydrogen-bond donors (Lipinski definition) is 1. The molecule has 0 radical (unpaired) electrons. The van der Waals surface area contributed by atoms with Crippen molar-refractivity contribution in [3.05, 3.63) is 34.6 Å². The molecule has 0 heterocycles. The van der Waals surface area contributed by atoms with Crippen LogP contribution in [0.4, 0.5) is 4.39 Å². The molecule has 1 aromatic rings. The second kappa shape index (κ2) is 5.58. The van der Waals surface area contributed by atoms with Crippen LogP contribution in [0, 0.1) is 11.7 Å². The van der Waals surface area contributed by atoms with Gasteiger partial charge in [-0.15, -0.1) is 0 Å². The molecule has 0 aromatic heterocycles. The van der Waals surface area contributed by atoms with E-state index >= 15 is 0 Å². The van der Waals surface area contributed by atoms with Crippen LogP contribution in [0.5, 0.6) is 0 Å². The molecule has 1 aliphatic rings. The second-order valence-corrected chi connectivity index (χ2v) is 5.75. The van der Waals surface area contributed by atoms with Gasteiger partial charge in [0.25, 0.3) is 0 Å². The van der Waals surface area contributed by atoms with Crippen molar-refractivity contribution in [1.29, 1.82) is 0 Å². The molecule has 0 unspecified atom stereocenters. The largest absolute Gasteiger partial charge is 0.316 e. The minimum absolute atomic E-state index is 0.0981. The van der Waals surface area contributed by atoms with E-state index in [1.165, 1.54) is 12.5 Å². The van der Waals surface area contributed by atoms with E-state index in [2.05, 4.69) is 19.2 Å². The highest BCUT2D eigenvalue weighted by Crippen LogP contribution is 2.51. The van der Waals surface area contributed by atoms with Gasteiger partial charge in [0.15, 0.2) is 0 Å². The fourth-order valence-electron chi connectivity index (χ4n) is 3.14. The van der Waals surface area contributed by atoms with E-state index in [0.29, 0.717) is 10.9 Å². The first-order valence-corrected chi connectivity index (χ1v) is 7.16. The van der Waals surface area contributed by atoms with Gasteiger partial charge in [0, 0.05) is 22.5 Å². The summed E-state index contributed by atoms with van der Waals surface area (Å²) < 4.78 is 14.1. The summed E-state index contributed by atoms with van der Waals surface area (Å²) >= 11 is 6.23. The first-order chi connectivity index (χ1) is 8.63. The van der Waals surface area contributed by atoms with Crippen molar-refractivity contribution >= 4 is 11.6 Å². The van der Waals surface area contributed by atoms with Crippen molar-refractivity contribution in [1.82, 2.24) is 5.32 Å². The van der Waals surface area contributed by atoms with Gasteiger partial charge in [-0.3, -0.25) is 0 Å². The lowest BCUT2D eigenvalue weighted by Gasteiger charge is -2.49. The Morgan fingerprint density at radius 1 is 1.39 bits per heavy atom. The molecule has 0 atom stereocenters. The van der Waals surface area contributed by atoms with Crippen LogP contribution in [-0.4, -0.2) is 13.1 Å². The summed E-state index contributed by atoms with van der Waals surface area (Å²) in [4.78, 5) is 0. The fraction of sp³-hybridized carbons (Fsp3) is 0.600. The average molecular weight is 270 g/mol. The molecule has 0 amide bonds. The van der Waals surface area contributed by atoms with Gasteiger partial charge in [0.05, 0.1) is 0 Å². The summed E-state index contributed by atoms with van der Waals surface area (Å²) in [5.74, 6) is 0.550. The smallest absolute Gasteiger partial charge is 0.128 e. The molecule has 1 aliphatic carbocycles. The Morgan fingerprint density at radius 3 is 2.67 bits per heavy atom. The van der Waals surface area contributed by atoms with Crippen LogP contribution in [0.25, 0.3) is 0 Å². The molecule has 0 aliphatic heterocycles. The number of halogens is 2. The molecule has 2 rings (SSSR count). The van der Waals surface area contributed by atoms with Crippen LogP contribution < -0.4 is 5.32 Å². The number of likely N-dealkylation sites (N-methyl/N-ethyl adjacent to an activating group) is 1. The zero-order chi connectivity index (χ0) is 13.2. The van der Waals surface area contributed by atoms with Gasteiger partial charge in [0.2, 0.25) is 0 Å². The molecule has 0 spiro atoms. The molecule has 100 valence electrons. The highest BCUT2D eigenvalue weighted by molar-refractivity contribution is 6.31. The predicted octanol–water partition coefficient (Wildman–Crippen LogP) is 4.15. The molecular weight excluding hydrogens is 249 g/mol. The SMILES string of the molecule is CCNCC1(c2c(F)cccc2Cl)CC(CC)C1. The number of hydrogen-bond acceptors (Lipinski definition) is 1. The van der Waals surface area contributed by atoms with E-state index in [1.54, 1.807) is 12.1 Å². The lowest BCUT2D eigenvalue weighted by Crippen LogP contribution is -2.49. The lowest BCUT2D eigenvalue weighted by atomic mass is 9.57. The van der Waals surface area contributed by atoms with Gasteiger partial charge < -0.3 is 5.32 Å². The maximum atomic E-state index is 14.1. The van der Waals surface area contributed by atoms with Gasteiger partial charge >= 0.3 is 0 Å². The highest BCUT2D eigenvalue weighted by atomic mass is 35.5. The van der Waals surface area contributed by atoms with Gasteiger partial charge in [-0.2, -0.15) is 0 Å². The maximum Gasteiger partial charge on any atom is 0.128 e. The summed E-state index contributed by atoms with van der Waals surface area (Å²) in [5, 5.41) is 3.94. The van der Waals surface area contributed by atoms with Gasteiger partial charge in [-0.05, 0) is 37.4 Å². The van der Waals surface area contributed by atoms with Crippen molar-refractivity contribution < 1.29 is 4.39 Å². The molecule has 1 saturated carbocycles. The van der Waals surface area contributed by atoms with Crippen LogP contribution in [0.2, 0.25) is 5.02 Å². The monoisotopic (exact) mass is 269 g/mol. The zero-order valence-corrected chi connectivity index (χ0v) is 11.9. The summed E-state index contributed by atoms with van der Waals surface area (Å²) in [7, 11) is 0. The minimum Gasteiger partial charge on any atom is -0.316 e. The Morgan fingerprint density at radius 2 is 2.11 bits per heavy atom. The molecule has 18 heavy (non-hydrogen) atoms. The Bertz CT molecular complexity index is 387. The van der Waals surface area contributed by atoms with Crippen LogP contribution in [0.1, 0.15) is 38.7 Å². The van der Waals surface area contributed by atoms with Crippen LogP contribution in [0.3, 0.4) is 0 Å². The first kappa shape index (κ1) is 13.8. The van der Waals surface area contributed by atoms with Crippen LogP contribution >= 0.6 is 11.6 Å². The molecular formula is C15H21ClFN. The molecule has 1 aromatic carbocycles. The van der Waals surface area contributed by atoms with E-state index in [9.17, 15) is 4.39 Å². The van der Waals surface area contributed by atoms with Crippen molar-refractivity contribution in [2.24, 2.45) is 5.92 Å². The zero-order valence-electron chi connectivity index (χ0n) is 11.1. The third kappa shape index (κ3) is 2.41. The predicted molar refractivity (Wildman–Crippen MR) is 74.6 cm³/mol. The molecule has 1 N–H and O–H groups in total. The number of benzene rings is 1. The summed E-state index contributed by atoms with van der Waals surface area (Å²) in [6, 6.07) is 5.00. The second-order valence-electron chi connectivity index (χ2n) is 5.34. The van der Waals surface area contributed by atoms with Crippen LogP contribution in [0.15, 0.2) is 18.2 Å². The summed E-state index contributed by atoms with van der Waals surface area (Å²) in [6.45, 7) is 6.00. The van der Waals surface area contributed by atoms with Crippen molar-refractivity contribution in [3.8, 4) is 0 Å². The average Bonchev–Trinajstić information content (AvgIpc) is 2.30. The molecule has 1 nitrogen and oxygen atoms in total. The minimum atomic E-state index is -0.157. The summed E-state index contributed by atoms with van der Waals surface area (Å²) in [5.41, 5.74) is 0.622. The lowest BCUT2D eigenvalue weighted by molar-refractivity contribution is 0.130. The standard InChI is InChI=1S/C15H21ClFN/c1-3-11-8-15(9-11,10-18-4-2)14-12(16)6-5-7-13(14)17/h5-7,11,18H,3-4,8-10H2,1-2H3. The quantitative estimate of drug-likeness (QED) is 0.847. The van der Waals surface area contributed by atoms with E-state index in [-0.39, 0.29) is 11.2 Å². The third-order valence-corrected chi connectivity index (χ3v) is 4.46.